The molecule has 135 heavy (non-hydrogen) atoms. The van der Waals surface area contributed by atoms with E-state index in [9.17, 15) is 222 Å². The number of carboxylic acid groups (broad SMARTS) is 2. The number of hydrogen-bond donors (Lipinski definition) is 40. The highest BCUT2D eigenvalue weighted by molar-refractivity contribution is 7.46. The topological polar surface area (TPSA) is 1070 Å². The maximum absolute atomic E-state index is 13.5. The van der Waals surface area contributed by atoms with E-state index < -0.39 is 437 Å². The number of rotatable bonds is 40. The van der Waals surface area contributed by atoms with Crippen molar-refractivity contribution in [1.82, 2.24) is 0 Å². The Labute approximate surface area is 756 Å². The lowest BCUT2D eigenvalue weighted by Crippen LogP contribution is -2.70. The highest BCUT2D eigenvalue weighted by atomic mass is 31.2. The zero-order valence-electron chi connectivity index (χ0n) is 69.5. The molecular formula is C68H116O65P2. The van der Waals surface area contributed by atoms with Gasteiger partial charge in [0.2, 0.25) is 0 Å². The average molecular weight is 2040 g/mol. The second-order valence-corrected chi connectivity index (χ2v) is 35.5. The van der Waals surface area contributed by atoms with Crippen LogP contribution in [0.25, 0.3) is 0 Å². The molecule has 40 N–H and O–H groups in total. The lowest BCUT2D eigenvalue weighted by atomic mass is 9.89. The van der Waals surface area contributed by atoms with Crippen LogP contribution in [0.4, 0.5) is 0 Å². The van der Waals surface area contributed by atoms with Crippen LogP contribution in [0.1, 0.15) is 12.8 Å². The normalized spacial score (nSPS) is 48.0. The average Bonchev–Trinajstić information content (AvgIpc) is 0.742. The molecule has 10 fully saturated rings. The molecule has 10 rings (SSSR count). The van der Waals surface area contributed by atoms with Crippen molar-refractivity contribution in [3.05, 3.63) is 0 Å². The first-order chi connectivity index (χ1) is 63.1. The number of hydrogen-bond acceptors (Lipinski definition) is 59. The van der Waals surface area contributed by atoms with Gasteiger partial charge in [-0.25, -0.2) is 18.7 Å². The highest BCUT2D eigenvalue weighted by Gasteiger charge is 2.66. The van der Waals surface area contributed by atoms with Gasteiger partial charge in [-0.05, 0) is 0 Å². The summed E-state index contributed by atoms with van der Waals surface area (Å²) in [5.41, 5.74) is 0. The van der Waals surface area contributed by atoms with E-state index in [1.165, 1.54) is 0 Å². The third kappa shape index (κ3) is 25.4. The quantitative estimate of drug-likeness (QED) is 0.0253. The van der Waals surface area contributed by atoms with Gasteiger partial charge in [0, 0.05) is 12.8 Å². The maximum Gasteiger partial charge on any atom is 0.470 e. The predicted octanol–water partition coefficient (Wildman–Crippen LogP) is -25.4. The number of aliphatic carboxylic acids is 2. The van der Waals surface area contributed by atoms with E-state index in [0.717, 1.165) is 0 Å². The molecule has 0 radical (unpaired) electrons. The molecule has 788 valence electrons. The minimum Gasteiger partial charge on any atom is -0.477 e. The number of ether oxygens (including phenoxy) is 19. The largest absolute Gasteiger partial charge is 0.477 e. The summed E-state index contributed by atoms with van der Waals surface area (Å²) in [5.74, 6) is -12.2. The van der Waals surface area contributed by atoms with E-state index in [4.69, 9.17) is 99.0 Å². The molecular weight excluding hydrogens is 1920 g/mol. The van der Waals surface area contributed by atoms with Gasteiger partial charge in [0.05, 0.1) is 78.3 Å². The first-order valence-electron chi connectivity index (χ1n) is 41.1. The van der Waals surface area contributed by atoms with Crippen molar-refractivity contribution in [1.29, 1.82) is 0 Å². The van der Waals surface area contributed by atoms with Crippen LogP contribution in [-0.4, -0.2) is 612 Å². The van der Waals surface area contributed by atoms with E-state index in [-0.39, 0.29) is 0 Å². The summed E-state index contributed by atoms with van der Waals surface area (Å²) in [6.07, 6.45) is -137. The summed E-state index contributed by atoms with van der Waals surface area (Å²) < 4.78 is 145. The number of aliphatic hydroxyl groups is 34. The van der Waals surface area contributed by atoms with Crippen molar-refractivity contribution in [3.8, 4) is 0 Å². The van der Waals surface area contributed by atoms with E-state index in [1.54, 1.807) is 0 Å². The molecule has 0 amide bonds. The Hall–Kier alpha value is -2.96. The molecule has 0 aliphatic carbocycles. The molecule has 0 aromatic carbocycles. The summed E-state index contributed by atoms with van der Waals surface area (Å²) in [7, 11) is -12.9. The van der Waals surface area contributed by atoms with Gasteiger partial charge < -0.3 is 293 Å². The van der Waals surface area contributed by atoms with Gasteiger partial charge in [-0.3, -0.25) is 9.05 Å². The lowest BCUT2D eigenvalue weighted by Gasteiger charge is -2.52. The van der Waals surface area contributed by atoms with Gasteiger partial charge in [0.25, 0.3) is 11.6 Å². The molecule has 0 aromatic rings. The molecule has 0 bridgehead atoms. The molecule has 10 aliphatic heterocycles. The van der Waals surface area contributed by atoms with Crippen molar-refractivity contribution in [3.63, 3.8) is 0 Å². The number of carboxylic acids is 2. The molecule has 0 spiro atoms. The summed E-state index contributed by atoms with van der Waals surface area (Å²) in [5, 5.41) is 398. The summed E-state index contributed by atoms with van der Waals surface area (Å²) in [6.45, 7) is -13.8. The van der Waals surface area contributed by atoms with Gasteiger partial charge in [-0.15, -0.1) is 0 Å². The van der Waals surface area contributed by atoms with Gasteiger partial charge in [0.15, 0.2) is 50.3 Å². The van der Waals surface area contributed by atoms with Crippen LogP contribution in [0.3, 0.4) is 0 Å². The summed E-state index contributed by atoms with van der Waals surface area (Å²) in [6, 6.07) is 0. The van der Waals surface area contributed by atoms with Gasteiger partial charge in [-0.1, -0.05) is 0 Å². The number of aliphatic hydroxyl groups excluding tert-OH is 33. The monoisotopic (exact) mass is 2030 g/mol. The number of phosphoric ester groups is 2. The first-order valence-corrected chi connectivity index (χ1v) is 44.2. The highest BCUT2D eigenvalue weighted by Crippen LogP contribution is 2.49. The molecule has 10 aliphatic rings. The minimum absolute atomic E-state index is 1.10. The fourth-order valence-corrected chi connectivity index (χ4v) is 17.6. The molecule has 10 heterocycles. The molecule has 65 nitrogen and oxygen atoms in total. The molecule has 54 atom stereocenters. The lowest BCUT2D eigenvalue weighted by molar-refractivity contribution is -0.409. The Morgan fingerprint density at radius 3 is 1.10 bits per heavy atom. The maximum atomic E-state index is 13.5. The Morgan fingerprint density at radius 2 is 0.652 bits per heavy atom. The van der Waals surface area contributed by atoms with Crippen LogP contribution in [0.2, 0.25) is 0 Å². The van der Waals surface area contributed by atoms with Crippen LogP contribution in [0.15, 0.2) is 0 Å². The fraction of sp³-hybridized carbons (Fsp3) is 0.971. The Morgan fingerprint density at radius 1 is 0.311 bits per heavy atom. The zero-order valence-corrected chi connectivity index (χ0v) is 71.3. The molecule has 0 saturated carbocycles. The summed E-state index contributed by atoms with van der Waals surface area (Å²) >= 11 is 0. The zero-order chi connectivity index (χ0) is 101. The van der Waals surface area contributed by atoms with Crippen LogP contribution in [0, 0.1) is 0 Å². The Bertz CT molecular complexity index is 3780. The van der Waals surface area contributed by atoms with E-state index in [0.29, 0.717) is 0 Å². The predicted molar refractivity (Wildman–Crippen MR) is 398 cm³/mol. The number of phosphoric acid groups is 2. The van der Waals surface area contributed by atoms with Crippen molar-refractivity contribution in [2.45, 2.75) is 343 Å². The van der Waals surface area contributed by atoms with Crippen molar-refractivity contribution < 1.29 is 321 Å². The molecule has 0 unspecified atom stereocenters. The Balaban J connectivity index is 1.08. The van der Waals surface area contributed by atoms with Crippen LogP contribution in [-0.2, 0) is 118 Å². The standard InChI is InChI=1S/C68H116O65P2/c69-3-14(77)44-35(93)32(90)38(96)58(120-44)113-10-19(82)48-56(133-135(110,111)112)53(43(101)63(123-48)127-52-42(100)62(122-47(17(80)6-72)55(52)132-134(107,108)109)124-50-20(2-67(106,65(102)103)130-49(50)18(81)7-73)129-68(66(104)105)1-13(76)25(83)46(131-68)16(79)5-71)126-61-41(99)51(29(87)24(119-61)12-114-57-37(95)30(88)26(84)21(8-74)116-57)125-64-54(34(92)27(85)22(9-75)117-64)128-60-40(98)31(89)28(86)23(118-60)11-115-59-39(97)33(91)36(94)45(121-59)15(78)4-70/h13-64,69-101,106H,1-12H2,(H,102,103)(H,104,105)(H2,107,108,109)(H2,110,111,112)/t13-,14+,15+,16-,17+,18-,19+,20-,21-,22-,23-,24-,25-,26+,27-,28-,29-,30+,31+,32+,33+,34+,35+,36+,37-,38+,39+,40-,41-,42+,43+,44-,45-,46-,47-,48-,49-,50-,51+,52-,53-,54-,55-,56-,57+,58+,59+,60-,61-,62-,63-,64-,67-,68-/m1/s1. The molecule has 0 aromatic heterocycles. The van der Waals surface area contributed by atoms with E-state index in [1.807, 2.05) is 0 Å². The van der Waals surface area contributed by atoms with Crippen molar-refractivity contribution in [2.75, 3.05) is 66.1 Å². The van der Waals surface area contributed by atoms with E-state index >= 15 is 0 Å². The minimum atomic E-state index is -6.49. The third-order valence-electron chi connectivity index (χ3n) is 23.8. The molecule has 67 heteroatoms. The smallest absolute Gasteiger partial charge is 0.470 e. The SMILES string of the molecule is O=C(O)[C@@]1(O[C@@H]2C[C@](O)(C(=O)O)O[C@H]([C@H](O)CO)[C@@H]2O[C@H]2O[C@H]([C@@H](O)CO)[C@@H](OP(=O)(O)O)[C@H](O[C@H]3O[C@H]([C@@H](O)CO[C@H]4O[C@H]([C@@H](O)CO)[C@@H](O)[C@H](O)[C@@H]4O)[C@@H](OP(=O)(O)O)[C@H](O[C@H]4O[C@H](CO[C@H]5O[C@H](CO)[C@H](O)[C@H](O)[C@H]5O)[C@@H](O)[C@H](O[C@H]5O[C@H](CO)[C@@H](O)[C@H](O)[C@H]5O[C@H]5O[C@H](CO[C@H]6O[C@H]([C@@H](O)CO)[C@@H](O)[C@H](O)[C@@H]6O)[C@@H](O)[C@H](O)[C@H]5O)[C@H]4O)[C@@H]3O)[C@@H]2O)C[C@@H](O)[C@@H](O)[C@@H]([C@H](O)CO)O1. The van der Waals surface area contributed by atoms with Crippen LogP contribution >= 0.6 is 15.6 Å². The second kappa shape index (κ2) is 47.5. The van der Waals surface area contributed by atoms with Crippen LogP contribution in [0.5, 0.6) is 0 Å². The van der Waals surface area contributed by atoms with Gasteiger partial charge in [-0.2, -0.15) is 0 Å². The second-order valence-electron chi connectivity index (χ2n) is 33.1. The van der Waals surface area contributed by atoms with Crippen LogP contribution < -0.4 is 0 Å². The van der Waals surface area contributed by atoms with E-state index in [2.05, 4.69) is 0 Å². The number of carbonyl (C=O) groups is 2. The van der Waals surface area contributed by atoms with Gasteiger partial charge >= 0.3 is 27.6 Å². The third-order valence-corrected chi connectivity index (χ3v) is 24.8. The summed E-state index contributed by atoms with van der Waals surface area (Å²) in [4.78, 5) is 69.1. The van der Waals surface area contributed by atoms with Gasteiger partial charge in [0.1, 0.15) is 256 Å². The molecule has 10 saturated heterocycles. The Kier molecular flexibility index (Phi) is 40.1. The first kappa shape index (κ1) is 114. The fourth-order valence-electron chi connectivity index (χ4n) is 16.4. The van der Waals surface area contributed by atoms with Crippen molar-refractivity contribution >= 4 is 27.6 Å². The van der Waals surface area contributed by atoms with Crippen molar-refractivity contribution in [2.24, 2.45) is 0 Å².